The van der Waals surface area contributed by atoms with E-state index >= 15 is 0 Å². The molecule has 1 fully saturated rings. The standard InChI is InChI=1S/C17H24N4O3S/c1-2-7-18-17(13-21(22)23)19-8-11-25-14-16-6-5-15(24-16)12-20-9-3-4-10-20/h1,5-6H,3-4,7-14H2,(H,18,19). The average Bonchev–Trinajstić information content (AvgIpc) is 3.24. The Morgan fingerprint density at radius 2 is 2.20 bits per heavy atom. The Hall–Kier alpha value is -1.98. The number of amidine groups is 1. The molecule has 1 saturated heterocycles. The molecule has 7 nitrogen and oxygen atoms in total. The van der Waals surface area contributed by atoms with Crippen LogP contribution in [0.3, 0.4) is 0 Å². The van der Waals surface area contributed by atoms with E-state index in [-0.39, 0.29) is 13.1 Å². The first-order valence-electron chi connectivity index (χ1n) is 8.37. The van der Waals surface area contributed by atoms with E-state index in [1.807, 2.05) is 12.1 Å². The van der Waals surface area contributed by atoms with Gasteiger partial charge in [-0.3, -0.25) is 20.0 Å². The molecule has 8 heteroatoms. The van der Waals surface area contributed by atoms with Crippen LogP contribution in [0.1, 0.15) is 24.4 Å². The van der Waals surface area contributed by atoms with Gasteiger partial charge >= 0.3 is 0 Å². The second-order valence-electron chi connectivity index (χ2n) is 5.78. The number of terminal acetylenes is 1. The number of furan rings is 1. The number of aliphatic imine (C=N–C) groups is 1. The maximum absolute atomic E-state index is 10.6. The van der Waals surface area contributed by atoms with Gasteiger partial charge in [-0.25, -0.2) is 0 Å². The van der Waals surface area contributed by atoms with E-state index in [0.717, 1.165) is 42.7 Å². The predicted molar refractivity (Wildman–Crippen MR) is 100 cm³/mol. The molecule has 0 aromatic carbocycles. The zero-order valence-corrected chi connectivity index (χ0v) is 15.1. The summed E-state index contributed by atoms with van der Waals surface area (Å²) < 4.78 is 5.86. The van der Waals surface area contributed by atoms with Gasteiger partial charge in [0, 0.05) is 10.7 Å². The predicted octanol–water partition coefficient (Wildman–Crippen LogP) is 2.01. The molecule has 2 rings (SSSR count). The summed E-state index contributed by atoms with van der Waals surface area (Å²) in [4.78, 5) is 16.8. The smallest absolute Gasteiger partial charge is 0.259 e. The van der Waals surface area contributed by atoms with Crippen LogP contribution in [0.15, 0.2) is 21.5 Å². The van der Waals surface area contributed by atoms with E-state index in [9.17, 15) is 10.1 Å². The minimum atomic E-state index is -0.416. The zero-order valence-electron chi connectivity index (χ0n) is 14.3. The Labute approximate surface area is 152 Å². The highest BCUT2D eigenvalue weighted by molar-refractivity contribution is 7.98. The van der Waals surface area contributed by atoms with Crippen LogP contribution in [0, 0.1) is 22.5 Å². The summed E-state index contributed by atoms with van der Waals surface area (Å²) in [7, 11) is 0. The number of hydrogen-bond donors (Lipinski definition) is 1. The Kier molecular flexibility index (Phi) is 8.35. The fraction of sp³-hybridized carbons (Fsp3) is 0.588. The van der Waals surface area contributed by atoms with Crippen molar-refractivity contribution in [2.45, 2.75) is 25.1 Å². The van der Waals surface area contributed by atoms with E-state index in [1.54, 1.807) is 11.8 Å². The number of nitrogens with one attached hydrogen (secondary N) is 1. The van der Waals surface area contributed by atoms with Crippen LogP contribution in [-0.4, -0.2) is 54.1 Å². The van der Waals surface area contributed by atoms with Gasteiger partial charge in [0.1, 0.15) is 11.5 Å². The molecule has 1 aliphatic heterocycles. The zero-order chi connectivity index (χ0) is 17.9. The summed E-state index contributed by atoms with van der Waals surface area (Å²) >= 11 is 1.69. The minimum absolute atomic E-state index is 0.242. The number of hydrogen-bond acceptors (Lipinski definition) is 6. The summed E-state index contributed by atoms with van der Waals surface area (Å²) in [6.45, 7) is 3.62. The van der Waals surface area contributed by atoms with E-state index in [0.29, 0.717) is 12.4 Å². The van der Waals surface area contributed by atoms with Crippen molar-refractivity contribution in [3.63, 3.8) is 0 Å². The topological polar surface area (TPSA) is 83.9 Å². The number of likely N-dealkylation sites (tertiary alicyclic amines) is 1. The molecule has 1 aromatic heterocycles. The minimum Gasteiger partial charge on any atom is -0.464 e. The lowest BCUT2D eigenvalue weighted by Crippen LogP contribution is -2.31. The summed E-state index contributed by atoms with van der Waals surface area (Å²) in [5, 5.41) is 13.4. The molecular weight excluding hydrogens is 340 g/mol. The molecule has 0 saturated carbocycles. The number of nitrogens with zero attached hydrogens (tertiary/aromatic N) is 3. The van der Waals surface area contributed by atoms with Crippen LogP contribution in [0.5, 0.6) is 0 Å². The first-order chi connectivity index (χ1) is 12.2. The van der Waals surface area contributed by atoms with Crippen LogP contribution >= 0.6 is 11.8 Å². The van der Waals surface area contributed by atoms with Crippen LogP contribution in [0.25, 0.3) is 0 Å². The van der Waals surface area contributed by atoms with Gasteiger partial charge in [-0.1, -0.05) is 5.92 Å². The highest BCUT2D eigenvalue weighted by Crippen LogP contribution is 2.18. The van der Waals surface area contributed by atoms with Gasteiger partial charge in [0.2, 0.25) is 0 Å². The third-order valence-corrected chi connectivity index (χ3v) is 4.71. The van der Waals surface area contributed by atoms with Crippen molar-refractivity contribution < 1.29 is 9.34 Å². The summed E-state index contributed by atoms with van der Waals surface area (Å²) in [5.41, 5.74) is 0. The molecule has 0 radical (unpaired) electrons. The lowest BCUT2D eigenvalue weighted by atomic mass is 10.4. The molecule has 0 aliphatic carbocycles. The van der Waals surface area contributed by atoms with E-state index in [2.05, 4.69) is 21.1 Å². The largest absolute Gasteiger partial charge is 0.464 e. The Balaban J connectivity index is 1.67. The molecule has 25 heavy (non-hydrogen) atoms. The Bertz CT molecular complexity index is 618. The normalized spacial score (nSPS) is 15.2. The third kappa shape index (κ3) is 7.63. The van der Waals surface area contributed by atoms with Gasteiger partial charge in [-0.05, 0) is 38.1 Å². The van der Waals surface area contributed by atoms with Gasteiger partial charge in [-0.15, -0.1) is 6.42 Å². The highest BCUT2D eigenvalue weighted by Gasteiger charge is 2.13. The number of thioether (sulfide) groups is 1. The molecule has 1 N–H and O–H groups in total. The molecule has 0 amide bonds. The summed E-state index contributed by atoms with van der Waals surface area (Å²) in [6, 6.07) is 4.07. The lowest BCUT2D eigenvalue weighted by molar-refractivity contribution is -0.463. The molecule has 0 spiro atoms. The fourth-order valence-corrected chi connectivity index (χ4v) is 3.32. The van der Waals surface area contributed by atoms with Crippen molar-refractivity contribution >= 4 is 17.6 Å². The average molecular weight is 364 g/mol. The second-order valence-corrected chi connectivity index (χ2v) is 6.89. The van der Waals surface area contributed by atoms with Crippen molar-refractivity contribution in [2.75, 3.05) is 38.5 Å². The van der Waals surface area contributed by atoms with E-state index in [1.165, 1.54) is 12.8 Å². The van der Waals surface area contributed by atoms with Gasteiger partial charge in [0.25, 0.3) is 6.54 Å². The third-order valence-electron chi connectivity index (χ3n) is 3.75. The van der Waals surface area contributed by atoms with Crippen LogP contribution in [0.2, 0.25) is 0 Å². The second kappa shape index (κ2) is 10.8. The monoisotopic (exact) mass is 364 g/mol. The molecule has 1 aromatic rings. The SMILES string of the molecule is C#CCNC(C[N+](=O)[O-])=NCCSCc1ccc(CN2CCCC2)o1. The summed E-state index contributed by atoms with van der Waals surface area (Å²) in [5.74, 6) is 6.23. The van der Waals surface area contributed by atoms with Gasteiger partial charge in [0.05, 0.1) is 25.4 Å². The number of rotatable bonds is 10. The van der Waals surface area contributed by atoms with Gasteiger partial charge < -0.3 is 9.73 Å². The molecular formula is C17H24N4O3S. The molecule has 136 valence electrons. The first-order valence-corrected chi connectivity index (χ1v) is 9.53. The van der Waals surface area contributed by atoms with Crippen LogP contribution in [0.4, 0.5) is 0 Å². The molecule has 0 bridgehead atoms. The molecule has 2 heterocycles. The molecule has 1 aliphatic rings. The molecule has 0 unspecified atom stereocenters. The molecule has 0 atom stereocenters. The van der Waals surface area contributed by atoms with Crippen molar-refractivity contribution in [1.29, 1.82) is 0 Å². The maximum Gasteiger partial charge on any atom is 0.259 e. The first kappa shape index (κ1) is 19.3. The van der Waals surface area contributed by atoms with Gasteiger partial charge in [-0.2, -0.15) is 11.8 Å². The fourth-order valence-electron chi connectivity index (χ4n) is 2.60. The maximum atomic E-state index is 10.6. The van der Waals surface area contributed by atoms with E-state index < -0.39 is 4.92 Å². The van der Waals surface area contributed by atoms with Crippen molar-refractivity contribution in [2.24, 2.45) is 4.99 Å². The van der Waals surface area contributed by atoms with Crippen LogP contribution in [-0.2, 0) is 12.3 Å². The number of nitro groups is 1. The lowest BCUT2D eigenvalue weighted by Gasteiger charge is -2.11. The van der Waals surface area contributed by atoms with E-state index in [4.69, 9.17) is 10.8 Å². The summed E-state index contributed by atoms with van der Waals surface area (Å²) in [6.07, 6.45) is 7.70. The van der Waals surface area contributed by atoms with Crippen molar-refractivity contribution in [3.05, 3.63) is 33.8 Å². The Morgan fingerprint density at radius 3 is 2.92 bits per heavy atom. The van der Waals surface area contributed by atoms with Crippen LogP contribution < -0.4 is 5.32 Å². The van der Waals surface area contributed by atoms with Crippen molar-refractivity contribution in [1.82, 2.24) is 10.2 Å². The van der Waals surface area contributed by atoms with Crippen molar-refractivity contribution in [3.8, 4) is 12.3 Å². The Morgan fingerprint density at radius 1 is 1.44 bits per heavy atom. The highest BCUT2D eigenvalue weighted by atomic mass is 32.2. The van der Waals surface area contributed by atoms with Gasteiger partial charge in [0.15, 0.2) is 5.84 Å². The quantitative estimate of drug-likeness (QED) is 0.171.